The molecule has 0 N–H and O–H groups in total. The molecular weight excluding hydrogens is 449 g/mol. The molecular formula is C23H26FN3O3S2. The molecule has 0 saturated carbocycles. The third-order valence-electron chi connectivity index (χ3n) is 5.67. The van der Waals surface area contributed by atoms with Crippen LogP contribution in [0.1, 0.15) is 28.8 Å². The van der Waals surface area contributed by atoms with Gasteiger partial charge in [0.15, 0.2) is 5.16 Å². The molecule has 2 aromatic heterocycles. The quantitative estimate of drug-likeness (QED) is 0.366. The summed E-state index contributed by atoms with van der Waals surface area (Å²) >= 11 is 2.84. The number of thiophene rings is 1. The molecule has 0 atom stereocenters. The molecule has 3 aromatic rings. The average Bonchev–Trinajstić information content (AvgIpc) is 3.17. The number of benzene rings is 1. The summed E-state index contributed by atoms with van der Waals surface area (Å²) in [5.41, 5.74) is 1.56. The minimum Gasteiger partial charge on any atom is -0.383 e. The SMILES string of the molecule is COCCn1c(SCC(=O)N(C)Cc2ccccc2F)nc2sc3c(c2c1=O)CCCC3. The monoisotopic (exact) mass is 475 g/mol. The van der Waals surface area contributed by atoms with Gasteiger partial charge in [0.1, 0.15) is 10.6 Å². The van der Waals surface area contributed by atoms with Crippen molar-refractivity contribution in [2.75, 3.05) is 26.5 Å². The molecule has 0 fully saturated rings. The number of rotatable bonds is 8. The number of methoxy groups -OCH3 is 1. The van der Waals surface area contributed by atoms with Gasteiger partial charge in [-0.3, -0.25) is 14.2 Å². The summed E-state index contributed by atoms with van der Waals surface area (Å²) in [6.45, 7) is 0.950. The van der Waals surface area contributed by atoms with Crippen LogP contribution in [-0.2, 0) is 35.5 Å². The summed E-state index contributed by atoms with van der Waals surface area (Å²) in [6.07, 6.45) is 4.15. The first-order valence-electron chi connectivity index (χ1n) is 10.6. The second-order valence-electron chi connectivity index (χ2n) is 7.86. The van der Waals surface area contributed by atoms with E-state index in [-0.39, 0.29) is 29.6 Å². The molecule has 0 bridgehead atoms. The molecule has 6 nitrogen and oxygen atoms in total. The molecule has 0 saturated heterocycles. The van der Waals surface area contributed by atoms with E-state index in [1.807, 2.05) is 0 Å². The van der Waals surface area contributed by atoms with E-state index in [9.17, 15) is 14.0 Å². The van der Waals surface area contributed by atoms with Gasteiger partial charge in [-0.2, -0.15) is 0 Å². The Labute approximate surface area is 194 Å². The molecule has 4 rings (SSSR count). The number of aromatic nitrogens is 2. The van der Waals surface area contributed by atoms with E-state index in [4.69, 9.17) is 9.72 Å². The Morgan fingerprint density at radius 1 is 1.31 bits per heavy atom. The molecule has 32 heavy (non-hydrogen) atoms. The fourth-order valence-corrected chi connectivity index (χ4v) is 6.18. The fourth-order valence-electron chi connectivity index (χ4n) is 3.92. The Balaban J connectivity index is 1.57. The lowest BCUT2D eigenvalue weighted by atomic mass is 9.97. The zero-order valence-electron chi connectivity index (χ0n) is 18.2. The van der Waals surface area contributed by atoms with Crippen molar-refractivity contribution in [1.82, 2.24) is 14.5 Å². The summed E-state index contributed by atoms with van der Waals surface area (Å²) in [5, 5.41) is 1.25. The van der Waals surface area contributed by atoms with Crippen molar-refractivity contribution in [1.29, 1.82) is 0 Å². The maximum absolute atomic E-state index is 13.9. The number of thioether (sulfide) groups is 1. The van der Waals surface area contributed by atoms with Crippen molar-refractivity contribution in [2.45, 2.75) is 43.9 Å². The van der Waals surface area contributed by atoms with Crippen LogP contribution in [0.2, 0.25) is 0 Å². The average molecular weight is 476 g/mol. The van der Waals surface area contributed by atoms with Gasteiger partial charge in [-0.1, -0.05) is 30.0 Å². The zero-order chi connectivity index (χ0) is 22.7. The Morgan fingerprint density at radius 3 is 2.88 bits per heavy atom. The van der Waals surface area contributed by atoms with Gasteiger partial charge >= 0.3 is 0 Å². The van der Waals surface area contributed by atoms with Crippen LogP contribution in [0, 0.1) is 5.82 Å². The van der Waals surface area contributed by atoms with Crippen molar-refractivity contribution in [3.63, 3.8) is 0 Å². The maximum atomic E-state index is 13.9. The molecule has 2 heterocycles. The van der Waals surface area contributed by atoms with Crippen molar-refractivity contribution in [2.24, 2.45) is 0 Å². The van der Waals surface area contributed by atoms with Crippen LogP contribution in [0.25, 0.3) is 10.2 Å². The summed E-state index contributed by atoms with van der Waals surface area (Å²) in [5.74, 6) is -0.376. The van der Waals surface area contributed by atoms with E-state index in [1.165, 1.54) is 27.6 Å². The first-order valence-corrected chi connectivity index (χ1v) is 12.4. The highest BCUT2D eigenvalue weighted by atomic mass is 32.2. The molecule has 1 amide bonds. The van der Waals surface area contributed by atoms with Gasteiger partial charge in [-0.05, 0) is 37.3 Å². The second-order valence-corrected chi connectivity index (χ2v) is 9.89. The molecule has 0 spiro atoms. The summed E-state index contributed by atoms with van der Waals surface area (Å²) < 4.78 is 20.7. The Kier molecular flexibility index (Phi) is 7.27. The topological polar surface area (TPSA) is 64.4 Å². The van der Waals surface area contributed by atoms with Gasteiger partial charge in [0.05, 0.1) is 24.3 Å². The molecule has 0 radical (unpaired) electrons. The van der Waals surface area contributed by atoms with Gasteiger partial charge in [0.25, 0.3) is 5.56 Å². The largest absolute Gasteiger partial charge is 0.383 e. The van der Waals surface area contributed by atoms with Crippen molar-refractivity contribution in [3.05, 3.63) is 56.4 Å². The molecule has 0 unspecified atom stereocenters. The number of ether oxygens (including phenoxy) is 1. The number of carbonyl (C=O) groups excluding carboxylic acids is 1. The minimum atomic E-state index is -0.331. The number of halogens is 1. The normalized spacial score (nSPS) is 13.3. The van der Waals surface area contributed by atoms with E-state index < -0.39 is 0 Å². The van der Waals surface area contributed by atoms with E-state index in [0.717, 1.165) is 41.5 Å². The van der Waals surface area contributed by atoms with Crippen LogP contribution in [0.15, 0.2) is 34.2 Å². The van der Waals surface area contributed by atoms with E-state index in [0.29, 0.717) is 23.9 Å². The highest BCUT2D eigenvalue weighted by Gasteiger charge is 2.23. The molecule has 170 valence electrons. The zero-order valence-corrected chi connectivity index (χ0v) is 19.9. The third kappa shape index (κ3) is 4.74. The Morgan fingerprint density at radius 2 is 2.09 bits per heavy atom. The Bertz CT molecular complexity index is 1190. The van der Waals surface area contributed by atoms with Gasteiger partial charge in [-0.25, -0.2) is 9.37 Å². The minimum absolute atomic E-state index is 0.0545. The number of fused-ring (bicyclic) bond motifs is 3. The molecule has 1 aliphatic rings. The lowest BCUT2D eigenvalue weighted by Crippen LogP contribution is -2.29. The van der Waals surface area contributed by atoms with Crippen LogP contribution in [0.4, 0.5) is 4.39 Å². The predicted molar refractivity (Wildman–Crippen MR) is 126 cm³/mol. The first kappa shape index (κ1) is 22.9. The number of hydrogen-bond donors (Lipinski definition) is 0. The van der Waals surface area contributed by atoms with Crippen LogP contribution in [-0.4, -0.2) is 46.9 Å². The lowest BCUT2D eigenvalue weighted by molar-refractivity contribution is -0.127. The van der Waals surface area contributed by atoms with Gasteiger partial charge < -0.3 is 9.64 Å². The van der Waals surface area contributed by atoms with Crippen molar-refractivity contribution in [3.8, 4) is 0 Å². The van der Waals surface area contributed by atoms with Crippen LogP contribution >= 0.6 is 23.1 Å². The summed E-state index contributed by atoms with van der Waals surface area (Å²) in [4.78, 5) is 34.4. The van der Waals surface area contributed by atoms with Gasteiger partial charge in [0.2, 0.25) is 5.91 Å². The lowest BCUT2D eigenvalue weighted by Gasteiger charge is -2.18. The second kappa shape index (κ2) is 10.1. The van der Waals surface area contributed by atoms with Crippen LogP contribution in [0.3, 0.4) is 0 Å². The number of carbonyl (C=O) groups is 1. The third-order valence-corrected chi connectivity index (χ3v) is 7.82. The van der Waals surface area contributed by atoms with Crippen LogP contribution < -0.4 is 5.56 Å². The van der Waals surface area contributed by atoms with Crippen LogP contribution in [0.5, 0.6) is 0 Å². The highest BCUT2D eigenvalue weighted by molar-refractivity contribution is 7.99. The number of amides is 1. The fraction of sp³-hybridized carbons (Fsp3) is 0.435. The number of aryl methyl sites for hydroxylation is 2. The smallest absolute Gasteiger partial charge is 0.263 e. The summed E-state index contributed by atoms with van der Waals surface area (Å²) in [6, 6.07) is 6.43. The number of nitrogens with zero attached hydrogens (tertiary/aromatic N) is 3. The van der Waals surface area contributed by atoms with E-state index in [2.05, 4.69) is 0 Å². The molecule has 9 heteroatoms. The predicted octanol–water partition coefficient (Wildman–Crippen LogP) is 3.87. The number of hydrogen-bond acceptors (Lipinski definition) is 6. The summed E-state index contributed by atoms with van der Waals surface area (Å²) in [7, 11) is 3.24. The van der Waals surface area contributed by atoms with E-state index in [1.54, 1.807) is 48.3 Å². The molecule has 1 aromatic carbocycles. The standard InChI is InChI=1S/C23H26FN3O3S2/c1-26(13-15-7-3-5-9-17(15)24)19(28)14-31-23-25-21-20(22(29)27(23)11-12-30-2)16-8-4-6-10-18(16)32-21/h3,5,7,9H,4,6,8,10-14H2,1-2H3. The maximum Gasteiger partial charge on any atom is 0.263 e. The Hall–Kier alpha value is -2.23. The first-order chi connectivity index (χ1) is 15.5. The molecule has 1 aliphatic carbocycles. The highest BCUT2D eigenvalue weighted by Crippen LogP contribution is 2.34. The van der Waals surface area contributed by atoms with Gasteiger partial charge in [0, 0.05) is 31.1 Å². The van der Waals surface area contributed by atoms with Crippen molar-refractivity contribution >= 4 is 39.2 Å². The molecule has 0 aliphatic heterocycles. The van der Waals surface area contributed by atoms with E-state index >= 15 is 0 Å². The van der Waals surface area contributed by atoms with Gasteiger partial charge in [-0.15, -0.1) is 11.3 Å². The van der Waals surface area contributed by atoms with Crippen molar-refractivity contribution < 1.29 is 13.9 Å².